The van der Waals surface area contributed by atoms with Gasteiger partial charge < -0.3 is 44.7 Å². The summed E-state index contributed by atoms with van der Waals surface area (Å²) in [5.74, 6) is 1.83. The molecular formula is C54H69N11O6. The Kier molecular flexibility index (Phi) is 14.7. The monoisotopic (exact) mass is 968 g/mol. The van der Waals surface area contributed by atoms with Gasteiger partial charge in [-0.25, -0.2) is 24.5 Å². The summed E-state index contributed by atoms with van der Waals surface area (Å²) in [6.07, 6.45) is 12.7. The number of anilines is 2. The van der Waals surface area contributed by atoms with Gasteiger partial charge in [0.2, 0.25) is 11.8 Å². The highest BCUT2D eigenvalue weighted by Crippen LogP contribution is 2.48. The first kappa shape index (κ1) is 49.1. The lowest BCUT2D eigenvalue weighted by Gasteiger charge is -2.34. The van der Waals surface area contributed by atoms with Crippen LogP contribution < -0.4 is 15.1 Å². The van der Waals surface area contributed by atoms with Crippen LogP contribution in [0, 0.1) is 11.8 Å². The van der Waals surface area contributed by atoms with E-state index < -0.39 is 24.3 Å². The number of amides is 4. The number of likely N-dealkylation sites (N-methyl/N-ethyl adjacent to an activating group) is 1. The Morgan fingerprint density at radius 2 is 1.18 bits per heavy atom. The number of aromatic amines is 2. The summed E-state index contributed by atoms with van der Waals surface area (Å²) in [5, 5.41) is 12.5. The summed E-state index contributed by atoms with van der Waals surface area (Å²) in [7, 11) is 2.76. The molecule has 2 aromatic carbocycles. The van der Waals surface area contributed by atoms with Crippen LogP contribution in [0.3, 0.4) is 0 Å². The topological polar surface area (TPSA) is 196 Å². The zero-order chi connectivity index (χ0) is 49.9. The van der Waals surface area contributed by atoms with E-state index in [1.54, 1.807) is 4.90 Å². The number of hydrogen-bond acceptors (Lipinski definition) is 10. The molecule has 9 rings (SSSR count). The lowest BCUT2D eigenvalue weighted by molar-refractivity contribution is -0.138. The second-order valence-corrected chi connectivity index (χ2v) is 20.4. The molecule has 0 radical (unpaired) electrons. The first-order valence-electron chi connectivity index (χ1n) is 25.5. The van der Waals surface area contributed by atoms with Crippen molar-refractivity contribution >= 4 is 35.5 Å². The number of H-pyrrole nitrogens is 2. The number of carbonyl (C=O) groups excluding carboxylic acids is 3. The molecule has 4 aliphatic heterocycles. The highest BCUT2D eigenvalue weighted by molar-refractivity contribution is 5.87. The zero-order valence-electron chi connectivity index (χ0n) is 41.9. The fraction of sp³-hybridized carbons (Fsp3) is 0.500. The molecule has 5 aromatic rings. The Hall–Kier alpha value is -6.91. The Morgan fingerprint density at radius 3 is 1.65 bits per heavy atom. The van der Waals surface area contributed by atoms with E-state index >= 15 is 0 Å². The molecule has 6 atom stereocenters. The summed E-state index contributed by atoms with van der Waals surface area (Å²) < 4.78 is 4.81. The molecule has 4 fully saturated rings. The van der Waals surface area contributed by atoms with Crippen molar-refractivity contribution in [1.82, 2.24) is 44.9 Å². The van der Waals surface area contributed by atoms with Gasteiger partial charge in [0.15, 0.2) is 0 Å². The van der Waals surface area contributed by atoms with E-state index in [1.165, 1.54) is 44.5 Å². The first-order valence-corrected chi connectivity index (χ1v) is 25.5. The molecule has 71 heavy (non-hydrogen) atoms. The Labute approximate surface area is 416 Å². The molecule has 4 amide bonds. The lowest BCUT2D eigenvalue weighted by Crippen LogP contribution is -2.51. The molecule has 0 unspecified atom stereocenters. The maximum absolute atomic E-state index is 13.8. The minimum absolute atomic E-state index is 0.0925. The quantitative estimate of drug-likeness (QED) is 0.0828. The van der Waals surface area contributed by atoms with Crippen molar-refractivity contribution in [2.45, 2.75) is 122 Å². The SMILES string of the molecule is COC(=O)N[C@H](C(=O)N1CCC[C@H]1c1ncc(-c2ccc([C@H]3CC[C@H](c4ccc(-c5cnc([C@@H]6CCCN6C(=O)[C@H](C(C)C)N(C)C(=O)O)[nH]5)cc4)N3c3ccc(N4CCCCC4)nc3)cc2)[nH]1)C(C)C. The highest BCUT2D eigenvalue weighted by atomic mass is 16.5. The molecule has 3 aromatic heterocycles. The predicted molar refractivity (Wildman–Crippen MR) is 271 cm³/mol. The van der Waals surface area contributed by atoms with Gasteiger partial charge in [0.25, 0.3) is 0 Å². The number of pyridine rings is 1. The van der Waals surface area contributed by atoms with E-state index in [4.69, 9.17) is 19.7 Å². The lowest BCUT2D eigenvalue weighted by atomic mass is 10.0. The third-order valence-corrected chi connectivity index (χ3v) is 15.2. The van der Waals surface area contributed by atoms with Crippen LogP contribution >= 0.6 is 0 Å². The molecule has 4 N–H and O–H groups in total. The zero-order valence-corrected chi connectivity index (χ0v) is 41.9. The van der Waals surface area contributed by atoms with E-state index in [0.29, 0.717) is 18.9 Å². The van der Waals surface area contributed by atoms with Crippen molar-refractivity contribution in [3.63, 3.8) is 0 Å². The van der Waals surface area contributed by atoms with Crippen LogP contribution in [0.4, 0.5) is 21.1 Å². The number of carbonyl (C=O) groups is 4. The maximum Gasteiger partial charge on any atom is 0.407 e. The van der Waals surface area contributed by atoms with Crippen LogP contribution in [0.2, 0.25) is 0 Å². The number of ether oxygens (including phenoxy) is 1. The van der Waals surface area contributed by atoms with Crippen molar-refractivity contribution in [2.75, 3.05) is 50.1 Å². The number of methoxy groups -OCH3 is 1. The average Bonchev–Trinajstić information content (AvgIpc) is 4.25. The number of hydrogen-bond donors (Lipinski definition) is 4. The molecule has 0 spiro atoms. The molecule has 0 saturated carbocycles. The number of nitrogens with zero attached hydrogens (tertiary/aromatic N) is 8. The summed E-state index contributed by atoms with van der Waals surface area (Å²) >= 11 is 0. The van der Waals surface area contributed by atoms with Crippen LogP contribution in [0.15, 0.2) is 79.3 Å². The minimum atomic E-state index is -1.12. The molecule has 17 nitrogen and oxygen atoms in total. The second-order valence-electron chi connectivity index (χ2n) is 20.4. The van der Waals surface area contributed by atoms with Crippen molar-refractivity contribution in [1.29, 1.82) is 0 Å². The van der Waals surface area contributed by atoms with Crippen molar-refractivity contribution in [2.24, 2.45) is 11.8 Å². The molecule has 0 aliphatic carbocycles. The number of carboxylic acid groups (broad SMARTS) is 1. The van der Waals surface area contributed by atoms with Crippen LogP contribution in [0.5, 0.6) is 0 Å². The molecule has 7 heterocycles. The van der Waals surface area contributed by atoms with Gasteiger partial charge in [0.05, 0.1) is 66.9 Å². The van der Waals surface area contributed by atoms with E-state index in [0.717, 1.165) is 96.4 Å². The number of benzene rings is 2. The number of nitrogens with one attached hydrogen (secondary N) is 3. The Bertz CT molecular complexity index is 2640. The van der Waals surface area contributed by atoms with Crippen molar-refractivity contribution in [3.8, 4) is 22.5 Å². The predicted octanol–water partition coefficient (Wildman–Crippen LogP) is 9.28. The minimum Gasteiger partial charge on any atom is -0.465 e. The largest absolute Gasteiger partial charge is 0.465 e. The number of imidazole rings is 2. The maximum atomic E-state index is 13.8. The number of piperidine rings is 1. The summed E-state index contributed by atoms with van der Waals surface area (Å²) in [6, 6.07) is 20.1. The second kappa shape index (κ2) is 21.2. The summed E-state index contributed by atoms with van der Waals surface area (Å²) in [6.45, 7) is 10.8. The van der Waals surface area contributed by atoms with Gasteiger partial charge >= 0.3 is 12.2 Å². The van der Waals surface area contributed by atoms with E-state index in [1.807, 2.05) is 51.2 Å². The van der Waals surface area contributed by atoms with E-state index in [2.05, 4.69) is 85.7 Å². The standard InChI is InChI=1S/C54H69N11O6/c1-33(2)47(60-53(68)71-6)51(66)63-28-10-12-44(63)49-56-31-40(58-49)35-14-18-37(19-15-35)42-23-24-43(65(42)39-22-25-46(55-30-39)62-26-8-7-9-27-62)38-20-16-36(17-21-38)41-32-57-50(59-41)45-13-11-29-64(45)52(67)48(34(3)4)61(5)54(69)70/h14-22,25,30-34,42-45,47-48H,7-13,23-24,26-29H2,1-6H3,(H,56,58)(H,57,59)(H,60,68)(H,69,70)/t42-,43-,44+,45+,47+,48+/m1/s1. The van der Waals surface area contributed by atoms with Crippen LogP contribution in [0.1, 0.15) is 132 Å². The van der Waals surface area contributed by atoms with Gasteiger partial charge in [-0.2, -0.15) is 0 Å². The molecule has 0 bridgehead atoms. The number of alkyl carbamates (subject to hydrolysis) is 1. The van der Waals surface area contributed by atoms with Crippen molar-refractivity contribution < 1.29 is 29.0 Å². The van der Waals surface area contributed by atoms with Crippen LogP contribution in [0.25, 0.3) is 22.5 Å². The summed E-state index contributed by atoms with van der Waals surface area (Å²) in [4.78, 5) is 82.9. The average molecular weight is 968 g/mol. The normalized spacial score (nSPS) is 21.2. The smallest absolute Gasteiger partial charge is 0.407 e. The first-order chi connectivity index (χ1) is 34.3. The Balaban J connectivity index is 0.935. The van der Waals surface area contributed by atoms with Gasteiger partial charge in [0.1, 0.15) is 29.6 Å². The number of aromatic nitrogens is 5. The summed E-state index contributed by atoms with van der Waals surface area (Å²) in [5.41, 5.74) is 7.20. The van der Waals surface area contributed by atoms with Gasteiger partial charge in [-0.15, -0.1) is 0 Å². The third-order valence-electron chi connectivity index (χ3n) is 15.2. The van der Waals surface area contributed by atoms with Gasteiger partial charge in [-0.3, -0.25) is 14.5 Å². The van der Waals surface area contributed by atoms with Gasteiger partial charge in [-0.1, -0.05) is 76.2 Å². The fourth-order valence-electron chi connectivity index (χ4n) is 11.4. The van der Waals surface area contributed by atoms with Crippen molar-refractivity contribution in [3.05, 3.63) is 102 Å². The molecule has 17 heteroatoms. The fourth-order valence-corrected chi connectivity index (χ4v) is 11.4. The molecule has 4 saturated heterocycles. The van der Waals surface area contributed by atoms with Crippen LogP contribution in [-0.4, -0.2) is 121 Å². The van der Waals surface area contributed by atoms with E-state index in [-0.39, 0.29) is 47.8 Å². The Morgan fingerprint density at radius 1 is 0.648 bits per heavy atom. The van der Waals surface area contributed by atoms with Gasteiger partial charge in [-0.05, 0) is 104 Å². The molecule has 4 aliphatic rings. The molecule has 376 valence electrons. The third kappa shape index (κ3) is 10.2. The van der Waals surface area contributed by atoms with Gasteiger partial charge in [0, 0.05) is 33.2 Å². The highest BCUT2D eigenvalue weighted by Gasteiger charge is 2.41. The number of likely N-dealkylation sites (tertiary alicyclic amines) is 2. The molecular weight excluding hydrogens is 899 g/mol. The van der Waals surface area contributed by atoms with E-state index in [9.17, 15) is 24.3 Å². The number of rotatable bonds is 14. The van der Waals surface area contributed by atoms with Crippen LogP contribution in [-0.2, 0) is 14.3 Å².